The summed E-state index contributed by atoms with van der Waals surface area (Å²) in [5, 5.41) is 27.8. The lowest BCUT2D eigenvalue weighted by Gasteiger charge is -2.20. The Morgan fingerprint density at radius 1 is 1.25 bits per heavy atom. The van der Waals surface area contributed by atoms with Crippen molar-refractivity contribution in [1.29, 1.82) is 0 Å². The van der Waals surface area contributed by atoms with Gasteiger partial charge in [0.2, 0.25) is 0 Å². The molecule has 132 valence electrons. The molecule has 1 aromatic rings. The van der Waals surface area contributed by atoms with Gasteiger partial charge in [0.15, 0.2) is 0 Å². The first-order valence-corrected chi connectivity index (χ1v) is 7.71. The molecule has 6 nitrogen and oxygen atoms in total. The van der Waals surface area contributed by atoms with Crippen molar-refractivity contribution in [2.75, 3.05) is 13.2 Å². The number of rotatable bonds is 8. The maximum absolute atomic E-state index is 11.1. The van der Waals surface area contributed by atoms with Crippen LogP contribution in [0.4, 0.5) is 0 Å². The van der Waals surface area contributed by atoms with Gasteiger partial charge in [-0.1, -0.05) is 30.7 Å². The van der Waals surface area contributed by atoms with Crippen LogP contribution in [0.15, 0.2) is 47.6 Å². The van der Waals surface area contributed by atoms with Crippen LogP contribution < -0.4 is 10.2 Å². The highest BCUT2D eigenvalue weighted by Gasteiger charge is 2.18. The van der Waals surface area contributed by atoms with E-state index in [-0.39, 0.29) is 19.1 Å². The molecule has 0 fully saturated rings. The summed E-state index contributed by atoms with van der Waals surface area (Å²) in [5.74, 6) is -0.119. The summed E-state index contributed by atoms with van der Waals surface area (Å²) in [6.45, 7) is 5.69. The first-order valence-electron chi connectivity index (χ1n) is 7.71. The zero-order chi connectivity index (χ0) is 18.1. The number of hydroxylamine groups is 1. The lowest BCUT2D eigenvalue weighted by Crippen LogP contribution is -2.15. The summed E-state index contributed by atoms with van der Waals surface area (Å²) >= 11 is 0. The molecule has 0 heterocycles. The van der Waals surface area contributed by atoms with Crippen molar-refractivity contribution in [2.24, 2.45) is 5.92 Å². The van der Waals surface area contributed by atoms with Gasteiger partial charge < -0.3 is 14.9 Å². The molecule has 0 unspecified atom stereocenters. The fourth-order valence-corrected chi connectivity index (χ4v) is 2.23. The standard InChI is InChI=1S/C18H25NO5/c1-12(11-17(21)19-23)10-13(2)14(3)18(22)15-4-6-16(7-5-15)24-9-8-20/h4-7,10-11,14,18,20,22-23H,8-9H2,1-3H3,(H,19,21)/b12-11+,13-10+/t14-,18+/m1/s1. The fraction of sp³-hybridized carbons (Fsp3) is 0.389. The Labute approximate surface area is 142 Å². The summed E-state index contributed by atoms with van der Waals surface area (Å²) in [6, 6.07) is 7.06. The largest absolute Gasteiger partial charge is 0.491 e. The molecule has 1 amide bonds. The van der Waals surface area contributed by atoms with Gasteiger partial charge in [-0.25, -0.2) is 5.48 Å². The van der Waals surface area contributed by atoms with Gasteiger partial charge in [-0.05, 0) is 37.1 Å². The van der Waals surface area contributed by atoms with Gasteiger partial charge in [-0.15, -0.1) is 0 Å². The monoisotopic (exact) mass is 335 g/mol. The third-order valence-electron chi connectivity index (χ3n) is 3.70. The number of ether oxygens (including phenoxy) is 1. The van der Waals surface area contributed by atoms with Crippen LogP contribution in [0.3, 0.4) is 0 Å². The third-order valence-corrected chi connectivity index (χ3v) is 3.70. The van der Waals surface area contributed by atoms with E-state index in [9.17, 15) is 9.90 Å². The molecule has 24 heavy (non-hydrogen) atoms. The molecule has 1 aromatic carbocycles. The first kappa shape index (κ1) is 19.9. The number of hydrogen-bond donors (Lipinski definition) is 4. The second-order valence-corrected chi connectivity index (χ2v) is 5.63. The molecule has 0 aliphatic heterocycles. The molecule has 0 saturated carbocycles. The van der Waals surface area contributed by atoms with Gasteiger partial charge in [0.05, 0.1) is 12.7 Å². The van der Waals surface area contributed by atoms with E-state index in [1.807, 2.05) is 13.8 Å². The Bertz CT molecular complexity index is 592. The molecule has 0 radical (unpaired) electrons. The number of hydrogen-bond acceptors (Lipinski definition) is 5. The Balaban J connectivity index is 2.80. The summed E-state index contributed by atoms with van der Waals surface area (Å²) in [5.41, 5.74) is 3.87. The maximum atomic E-state index is 11.1. The average molecular weight is 335 g/mol. The molecule has 0 aliphatic carbocycles. The SMILES string of the molecule is CC(=C\C(=O)NO)/C=C(\C)[C@@H](C)[C@H](O)c1ccc(OCCO)cc1. The highest BCUT2D eigenvalue weighted by molar-refractivity contribution is 5.87. The highest BCUT2D eigenvalue weighted by Crippen LogP contribution is 2.29. The van der Waals surface area contributed by atoms with E-state index in [1.54, 1.807) is 42.7 Å². The molecular formula is C18H25NO5. The smallest absolute Gasteiger partial charge is 0.267 e. The number of aliphatic hydroxyl groups excluding tert-OH is 2. The van der Waals surface area contributed by atoms with Gasteiger partial charge in [0.1, 0.15) is 12.4 Å². The van der Waals surface area contributed by atoms with E-state index in [2.05, 4.69) is 0 Å². The number of amides is 1. The van der Waals surface area contributed by atoms with Gasteiger partial charge in [0, 0.05) is 12.0 Å². The Morgan fingerprint density at radius 2 is 1.88 bits per heavy atom. The van der Waals surface area contributed by atoms with Gasteiger partial charge >= 0.3 is 0 Å². The molecule has 4 N–H and O–H groups in total. The van der Waals surface area contributed by atoms with Crippen LogP contribution in [0.5, 0.6) is 5.75 Å². The predicted molar refractivity (Wildman–Crippen MR) is 90.6 cm³/mol. The van der Waals surface area contributed by atoms with E-state index in [4.69, 9.17) is 15.1 Å². The van der Waals surface area contributed by atoms with E-state index in [0.717, 1.165) is 11.1 Å². The van der Waals surface area contributed by atoms with Crippen LogP contribution in [0.2, 0.25) is 0 Å². The van der Waals surface area contributed by atoms with Crippen molar-refractivity contribution in [3.63, 3.8) is 0 Å². The summed E-state index contributed by atoms with van der Waals surface area (Å²) in [7, 11) is 0. The molecule has 2 atom stereocenters. The third kappa shape index (κ3) is 6.16. The summed E-state index contributed by atoms with van der Waals surface area (Å²) in [4.78, 5) is 11.1. The lowest BCUT2D eigenvalue weighted by atomic mass is 9.90. The van der Waals surface area contributed by atoms with Crippen LogP contribution in [0, 0.1) is 5.92 Å². The molecule has 0 saturated heterocycles. The van der Waals surface area contributed by atoms with Crippen LogP contribution in [0.1, 0.15) is 32.4 Å². The quantitative estimate of drug-likeness (QED) is 0.252. The van der Waals surface area contributed by atoms with Crippen molar-refractivity contribution in [3.05, 3.63) is 53.1 Å². The normalized spacial score (nSPS) is 14.9. The average Bonchev–Trinajstić information content (AvgIpc) is 2.58. The minimum atomic E-state index is -0.701. The number of benzene rings is 1. The zero-order valence-electron chi connectivity index (χ0n) is 14.2. The van der Waals surface area contributed by atoms with Crippen LogP contribution >= 0.6 is 0 Å². The molecule has 0 spiro atoms. The number of carbonyl (C=O) groups is 1. The molecule has 1 rings (SSSR count). The van der Waals surface area contributed by atoms with Gasteiger partial charge in [0.25, 0.3) is 5.91 Å². The number of aliphatic hydroxyl groups is 2. The Kier molecular flexibility index (Phi) is 8.18. The van der Waals surface area contributed by atoms with Crippen molar-refractivity contribution in [2.45, 2.75) is 26.9 Å². The number of allylic oxidation sites excluding steroid dienone is 2. The first-order chi connectivity index (χ1) is 11.4. The van der Waals surface area contributed by atoms with E-state index >= 15 is 0 Å². The van der Waals surface area contributed by atoms with Crippen molar-refractivity contribution < 1.29 is 25.0 Å². The fourth-order valence-electron chi connectivity index (χ4n) is 2.23. The van der Waals surface area contributed by atoms with Gasteiger partial charge in [-0.3, -0.25) is 10.0 Å². The summed E-state index contributed by atoms with van der Waals surface area (Å²) in [6.07, 6.45) is 2.37. The highest BCUT2D eigenvalue weighted by atomic mass is 16.5. The lowest BCUT2D eigenvalue weighted by molar-refractivity contribution is -0.124. The van der Waals surface area contributed by atoms with Crippen LogP contribution in [-0.4, -0.2) is 34.5 Å². The molecular weight excluding hydrogens is 310 g/mol. The second kappa shape index (κ2) is 9.87. The molecule has 0 aromatic heterocycles. The van der Waals surface area contributed by atoms with E-state index < -0.39 is 12.0 Å². The van der Waals surface area contributed by atoms with Crippen LogP contribution in [0.25, 0.3) is 0 Å². The van der Waals surface area contributed by atoms with Crippen LogP contribution in [-0.2, 0) is 4.79 Å². The summed E-state index contributed by atoms with van der Waals surface area (Å²) < 4.78 is 5.29. The maximum Gasteiger partial charge on any atom is 0.267 e. The van der Waals surface area contributed by atoms with Gasteiger partial charge in [-0.2, -0.15) is 0 Å². The van der Waals surface area contributed by atoms with Crippen molar-refractivity contribution >= 4 is 5.91 Å². The minimum Gasteiger partial charge on any atom is -0.491 e. The van der Waals surface area contributed by atoms with E-state index in [1.165, 1.54) is 6.08 Å². The number of carbonyl (C=O) groups excluding carboxylic acids is 1. The minimum absolute atomic E-state index is 0.0490. The second-order valence-electron chi connectivity index (χ2n) is 5.63. The Hall–Kier alpha value is -2.15. The topological polar surface area (TPSA) is 99.0 Å². The van der Waals surface area contributed by atoms with Crippen molar-refractivity contribution in [1.82, 2.24) is 5.48 Å². The van der Waals surface area contributed by atoms with Crippen molar-refractivity contribution in [3.8, 4) is 5.75 Å². The molecule has 6 heteroatoms. The predicted octanol–water partition coefficient (Wildman–Crippen LogP) is 2.13. The number of nitrogens with one attached hydrogen (secondary N) is 1. The Morgan fingerprint density at radius 3 is 2.42 bits per heavy atom. The van der Waals surface area contributed by atoms with E-state index in [0.29, 0.717) is 11.3 Å². The molecule has 0 bridgehead atoms. The zero-order valence-corrected chi connectivity index (χ0v) is 14.2. The molecule has 0 aliphatic rings.